The standard InChI is InChI=1S/C14H12ClFN4O/c1-2-5-17-14(21)12-7-19-13(8-18-12)20-9-3-4-11(16)10(15)6-9/h2-4,6-8H,1,5H2,(H,17,21)(H,19,20). The van der Waals surface area contributed by atoms with Crippen molar-refractivity contribution in [2.75, 3.05) is 11.9 Å². The summed E-state index contributed by atoms with van der Waals surface area (Å²) in [7, 11) is 0. The van der Waals surface area contributed by atoms with E-state index in [-0.39, 0.29) is 16.6 Å². The first-order valence-corrected chi connectivity index (χ1v) is 6.41. The quantitative estimate of drug-likeness (QED) is 0.834. The van der Waals surface area contributed by atoms with E-state index in [1.54, 1.807) is 6.08 Å². The second-order valence-electron chi connectivity index (χ2n) is 4.04. The minimum atomic E-state index is -0.498. The molecule has 0 aliphatic rings. The van der Waals surface area contributed by atoms with Crippen molar-refractivity contribution in [1.82, 2.24) is 15.3 Å². The maximum Gasteiger partial charge on any atom is 0.271 e. The molecule has 0 saturated heterocycles. The molecule has 0 radical (unpaired) electrons. The molecule has 5 nitrogen and oxygen atoms in total. The molecule has 1 amide bonds. The van der Waals surface area contributed by atoms with Crippen molar-refractivity contribution in [2.45, 2.75) is 0 Å². The molecule has 0 fully saturated rings. The zero-order valence-electron chi connectivity index (χ0n) is 10.9. The van der Waals surface area contributed by atoms with Gasteiger partial charge < -0.3 is 10.6 Å². The van der Waals surface area contributed by atoms with Crippen LogP contribution < -0.4 is 10.6 Å². The Bertz CT molecular complexity index is 661. The maximum atomic E-state index is 13.0. The highest BCUT2D eigenvalue weighted by Gasteiger charge is 2.07. The smallest absolute Gasteiger partial charge is 0.271 e. The lowest BCUT2D eigenvalue weighted by Gasteiger charge is -2.06. The van der Waals surface area contributed by atoms with E-state index in [0.717, 1.165) is 0 Å². The molecule has 0 aliphatic carbocycles. The average Bonchev–Trinajstić information content (AvgIpc) is 2.49. The second kappa shape index (κ2) is 6.81. The van der Waals surface area contributed by atoms with Crippen LogP contribution in [0.15, 0.2) is 43.2 Å². The van der Waals surface area contributed by atoms with Gasteiger partial charge in [-0.15, -0.1) is 6.58 Å². The highest BCUT2D eigenvalue weighted by molar-refractivity contribution is 6.31. The number of hydrogen-bond donors (Lipinski definition) is 2. The van der Waals surface area contributed by atoms with Gasteiger partial charge in [0.25, 0.3) is 5.91 Å². The number of halogens is 2. The van der Waals surface area contributed by atoms with E-state index in [1.807, 2.05) is 0 Å². The summed E-state index contributed by atoms with van der Waals surface area (Å²) >= 11 is 5.68. The molecule has 2 rings (SSSR count). The Labute approximate surface area is 125 Å². The van der Waals surface area contributed by atoms with Crippen molar-refractivity contribution < 1.29 is 9.18 Å². The number of nitrogens with zero attached hydrogens (tertiary/aromatic N) is 2. The molecular weight excluding hydrogens is 295 g/mol. The van der Waals surface area contributed by atoms with E-state index < -0.39 is 5.82 Å². The molecule has 2 N–H and O–H groups in total. The van der Waals surface area contributed by atoms with Gasteiger partial charge in [-0.2, -0.15) is 0 Å². The normalized spacial score (nSPS) is 10.0. The fourth-order valence-corrected chi connectivity index (χ4v) is 1.67. The van der Waals surface area contributed by atoms with Crippen molar-refractivity contribution in [3.8, 4) is 0 Å². The Morgan fingerprint density at radius 2 is 2.19 bits per heavy atom. The van der Waals surface area contributed by atoms with Crippen molar-refractivity contribution in [2.24, 2.45) is 0 Å². The third-order valence-corrected chi connectivity index (χ3v) is 2.77. The van der Waals surface area contributed by atoms with Crippen molar-refractivity contribution in [3.05, 3.63) is 59.8 Å². The lowest BCUT2D eigenvalue weighted by atomic mass is 10.3. The highest BCUT2D eigenvalue weighted by Crippen LogP contribution is 2.21. The van der Waals surface area contributed by atoms with Crippen LogP contribution in [0.3, 0.4) is 0 Å². The van der Waals surface area contributed by atoms with Crippen molar-refractivity contribution in [3.63, 3.8) is 0 Å². The molecule has 0 spiro atoms. The molecule has 2 aromatic rings. The SMILES string of the molecule is C=CCNC(=O)c1cnc(Nc2ccc(F)c(Cl)c2)cn1. The first-order valence-electron chi connectivity index (χ1n) is 6.03. The number of nitrogens with one attached hydrogen (secondary N) is 2. The Morgan fingerprint density at radius 1 is 1.38 bits per heavy atom. The van der Waals surface area contributed by atoms with E-state index in [4.69, 9.17) is 11.6 Å². The van der Waals surface area contributed by atoms with E-state index in [2.05, 4.69) is 27.2 Å². The largest absolute Gasteiger partial charge is 0.347 e. The van der Waals surface area contributed by atoms with Gasteiger partial charge in [0.15, 0.2) is 0 Å². The predicted octanol–water partition coefficient (Wildman–Crippen LogP) is 2.93. The van der Waals surface area contributed by atoms with Crippen LogP contribution in [0.5, 0.6) is 0 Å². The molecule has 0 saturated carbocycles. The summed E-state index contributed by atoms with van der Waals surface area (Å²) in [6.45, 7) is 3.86. The minimum Gasteiger partial charge on any atom is -0.347 e. The summed E-state index contributed by atoms with van der Waals surface area (Å²) in [6.07, 6.45) is 4.31. The summed E-state index contributed by atoms with van der Waals surface area (Å²) in [4.78, 5) is 19.7. The van der Waals surface area contributed by atoms with Gasteiger partial charge in [0.1, 0.15) is 17.3 Å². The summed E-state index contributed by atoms with van der Waals surface area (Å²) in [6, 6.07) is 4.20. The van der Waals surface area contributed by atoms with Crippen LogP contribution in [-0.2, 0) is 0 Å². The van der Waals surface area contributed by atoms with Crippen LogP contribution in [0.25, 0.3) is 0 Å². The number of hydrogen-bond acceptors (Lipinski definition) is 4. The van der Waals surface area contributed by atoms with Crippen LogP contribution in [0.1, 0.15) is 10.5 Å². The van der Waals surface area contributed by atoms with Crippen LogP contribution in [-0.4, -0.2) is 22.4 Å². The monoisotopic (exact) mass is 306 g/mol. The van der Waals surface area contributed by atoms with Gasteiger partial charge in [-0.05, 0) is 18.2 Å². The minimum absolute atomic E-state index is 0.00776. The second-order valence-corrected chi connectivity index (χ2v) is 4.45. The van der Waals surface area contributed by atoms with Gasteiger partial charge in [0.05, 0.1) is 17.4 Å². The molecule has 1 heterocycles. The Kier molecular flexibility index (Phi) is 4.84. The number of carbonyl (C=O) groups is 1. The average molecular weight is 307 g/mol. The van der Waals surface area contributed by atoms with Crippen LogP contribution in [0, 0.1) is 5.82 Å². The molecule has 7 heteroatoms. The molecular formula is C14H12ClFN4O. The van der Waals surface area contributed by atoms with Gasteiger partial charge >= 0.3 is 0 Å². The topological polar surface area (TPSA) is 66.9 Å². The van der Waals surface area contributed by atoms with Gasteiger partial charge in [0.2, 0.25) is 0 Å². The molecule has 108 valence electrons. The lowest BCUT2D eigenvalue weighted by molar-refractivity contribution is 0.0952. The third-order valence-electron chi connectivity index (χ3n) is 2.48. The lowest BCUT2D eigenvalue weighted by Crippen LogP contribution is -2.24. The molecule has 0 unspecified atom stereocenters. The first kappa shape index (κ1) is 14.9. The Morgan fingerprint density at radius 3 is 2.81 bits per heavy atom. The zero-order chi connectivity index (χ0) is 15.2. The highest BCUT2D eigenvalue weighted by atomic mass is 35.5. The van der Waals surface area contributed by atoms with Gasteiger partial charge in [-0.3, -0.25) is 4.79 Å². The summed E-state index contributed by atoms with van der Waals surface area (Å²) < 4.78 is 13.0. The van der Waals surface area contributed by atoms with Gasteiger partial charge in [0, 0.05) is 12.2 Å². The van der Waals surface area contributed by atoms with E-state index >= 15 is 0 Å². The molecule has 0 atom stereocenters. The number of anilines is 2. The van der Waals surface area contributed by atoms with E-state index in [0.29, 0.717) is 18.1 Å². The zero-order valence-corrected chi connectivity index (χ0v) is 11.7. The predicted molar refractivity (Wildman–Crippen MR) is 79.3 cm³/mol. The van der Waals surface area contributed by atoms with Crippen molar-refractivity contribution in [1.29, 1.82) is 0 Å². The molecule has 0 aliphatic heterocycles. The van der Waals surface area contributed by atoms with Gasteiger partial charge in [-0.1, -0.05) is 17.7 Å². The molecule has 0 bridgehead atoms. The fourth-order valence-electron chi connectivity index (χ4n) is 1.49. The number of carbonyl (C=O) groups excluding carboxylic acids is 1. The van der Waals surface area contributed by atoms with Crippen LogP contribution in [0.2, 0.25) is 5.02 Å². The van der Waals surface area contributed by atoms with E-state index in [9.17, 15) is 9.18 Å². The molecule has 21 heavy (non-hydrogen) atoms. The molecule has 1 aromatic heterocycles. The number of amides is 1. The number of aromatic nitrogens is 2. The van der Waals surface area contributed by atoms with Crippen LogP contribution in [0.4, 0.5) is 15.9 Å². The maximum absolute atomic E-state index is 13.0. The third kappa shape index (κ3) is 4.00. The van der Waals surface area contributed by atoms with E-state index in [1.165, 1.54) is 30.6 Å². The number of benzene rings is 1. The Balaban J connectivity index is 2.06. The van der Waals surface area contributed by atoms with Crippen molar-refractivity contribution >= 4 is 29.0 Å². The Hall–Kier alpha value is -2.47. The van der Waals surface area contributed by atoms with Gasteiger partial charge in [-0.25, -0.2) is 14.4 Å². The first-order chi connectivity index (χ1) is 10.1. The van der Waals surface area contributed by atoms with Crippen LogP contribution >= 0.6 is 11.6 Å². The fraction of sp³-hybridized carbons (Fsp3) is 0.0714. The molecule has 1 aromatic carbocycles. The summed E-state index contributed by atoms with van der Waals surface area (Å²) in [5, 5.41) is 5.51. The summed E-state index contributed by atoms with van der Waals surface area (Å²) in [5.74, 6) is -0.417. The summed E-state index contributed by atoms with van der Waals surface area (Å²) in [5.41, 5.74) is 0.763. The number of rotatable bonds is 5.